The number of carbonyl (C=O) groups excluding carboxylic acids is 2. The van der Waals surface area contributed by atoms with E-state index in [1.165, 1.54) is 30.5 Å². The van der Waals surface area contributed by atoms with E-state index in [2.05, 4.69) is 0 Å². The molecule has 1 unspecified atom stereocenters. The van der Waals surface area contributed by atoms with Crippen molar-refractivity contribution in [3.8, 4) is 17.2 Å². The van der Waals surface area contributed by atoms with Crippen LogP contribution in [0.2, 0.25) is 5.02 Å². The third-order valence-electron chi connectivity index (χ3n) is 5.71. The molecule has 1 saturated heterocycles. The summed E-state index contributed by atoms with van der Waals surface area (Å²) in [5, 5.41) is 13.5. The number of Topliss-reactive ketones (excluding diaryl/α,β-unsaturated/α-hetero) is 1. The topological polar surface area (TPSA) is 85.3 Å². The maximum absolute atomic E-state index is 13.4. The van der Waals surface area contributed by atoms with Crippen molar-refractivity contribution >= 4 is 46.1 Å². The fraction of sp³-hybridized carbons (Fsp3) is 0.231. The molecule has 1 aliphatic rings. The minimum Gasteiger partial charge on any atom is -0.507 e. The quantitative estimate of drug-likeness (QED) is 0.246. The normalized spacial score (nSPS) is 17.1. The zero-order chi connectivity index (χ0) is 25.3. The summed E-state index contributed by atoms with van der Waals surface area (Å²) < 4.78 is 16.3. The summed E-state index contributed by atoms with van der Waals surface area (Å²) in [6.45, 7) is 4.14. The molecule has 0 saturated carbocycles. The van der Waals surface area contributed by atoms with Gasteiger partial charge in [-0.05, 0) is 49.1 Å². The highest BCUT2D eigenvalue weighted by molar-refractivity contribution is 7.10. The summed E-state index contributed by atoms with van der Waals surface area (Å²) in [6.07, 6.45) is 0. The third-order valence-corrected chi connectivity index (χ3v) is 7.11. The van der Waals surface area contributed by atoms with Gasteiger partial charge in [-0.15, -0.1) is 11.3 Å². The number of benzene rings is 2. The molecule has 1 aromatic heterocycles. The Kier molecular flexibility index (Phi) is 7.05. The van der Waals surface area contributed by atoms with Crippen LogP contribution in [0.5, 0.6) is 17.2 Å². The van der Waals surface area contributed by atoms with Gasteiger partial charge in [0.25, 0.3) is 11.7 Å². The van der Waals surface area contributed by atoms with Crippen LogP contribution in [0.3, 0.4) is 0 Å². The highest BCUT2D eigenvalue weighted by Gasteiger charge is 2.48. The van der Waals surface area contributed by atoms with Crippen LogP contribution in [0, 0.1) is 6.92 Å². The van der Waals surface area contributed by atoms with E-state index in [0.717, 1.165) is 10.4 Å². The number of ether oxygens (including phenoxy) is 3. The van der Waals surface area contributed by atoms with Gasteiger partial charge < -0.3 is 19.3 Å². The SMILES string of the molecule is CCOc1ccc(Cl)c(/C(O)=C2/C(=O)C(=O)N(c3cc(OC)cc(OC)c3)C2c2sccc2C)c1. The van der Waals surface area contributed by atoms with Crippen molar-refractivity contribution in [2.75, 3.05) is 25.7 Å². The van der Waals surface area contributed by atoms with Crippen LogP contribution in [0.1, 0.15) is 29.0 Å². The van der Waals surface area contributed by atoms with Crippen molar-refractivity contribution < 1.29 is 28.9 Å². The summed E-state index contributed by atoms with van der Waals surface area (Å²) in [7, 11) is 3.00. The monoisotopic (exact) mass is 513 g/mol. The minimum atomic E-state index is -0.876. The Bertz CT molecular complexity index is 1310. The molecule has 0 radical (unpaired) electrons. The van der Waals surface area contributed by atoms with E-state index in [1.54, 1.807) is 36.4 Å². The molecule has 3 aromatic rings. The van der Waals surface area contributed by atoms with Gasteiger partial charge >= 0.3 is 0 Å². The molecule has 1 amide bonds. The molecule has 1 fully saturated rings. The first-order chi connectivity index (χ1) is 16.8. The Labute approximate surface area is 212 Å². The number of aliphatic hydroxyl groups excluding tert-OH is 1. The number of rotatable bonds is 7. The van der Waals surface area contributed by atoms with E-state index in [1.807, 2.05) is 25.3 Å². The van der Waals surface area contributed by atoms with Crippen LogP contribution in [0.4, 0.5) is 5.69 Å². The number of carbonyl (C=O) groups is 2. The van der Waals surface area contributed by atoms with Gasteiger partial charge in [-0.2, -0.15) is 0 Å². The van der Waals surface area contributed by atoms with E-state index in [0.29, 0.717) is 29.5 Å². The van der Waals surface area contributed by atoms with E-state index in [4.69, 9.17) is 25.8 Å². The highest BCUT2D eigenvalue weighted by atomic mass is 35.5. The van der Waals surface area contributed by atoms with Gasteiger partial charge in [-0.1, -0.05) is 11.6 Å². The lowest BCUT2D eigenvalue weighted by molar-refractivity contribution is -0.132. The number of amides is 1. The fourth-order valence-corrected chi connectivity index (χ4v) is 5.26. The lowest BCUT2D eigenvalue weighted by Gasteiger charge is -2.26. The first-order valence-corrected chi connectivity index (χ1v) is 12.1. The lowest BCUT2D eigenvalue weighted by atomic mass is 9.98. The summed E-state index contributed by atoms with van der Waals surface area (Å²) in [4.78, 5) is 28.9. The van der Waals surface area contributed by atoms with Crippen molar-refractivity contribution in [1.29, 1.82) is 0 Å². The number of aryl methyl sites for hydroxylation is 1. The molecule has 1 atom stereocenters. The summed E-state index contributed by atoms with van der Waals surface area (Å²) in [5.41, 5.74) is 1.42. The van der Waals surface area contributed by atoms with Gasteiger partial charge in [0.05, 0.1) is 37.1 Å². The third kappa shape index (κ3) is 4.47. The number of aliphatic hydroxyl groups is 1. The van der Waals surface area contributed by atoms with Crippen molar-refractivity contribution in [2.45, 2.75) is 19.9 Å². The van der Waals surface area contributed by atoms with Crippen LogP contribution >= 0.6 is 22.9 Å². The van der Waals surface area contributed by atoms with Crippen molar-refractivity contribution in [3.63, 3.8) is 0 Å². The van der Waals surface area contributed by atoms with E-state index < -0.39 is 17.7 Å². The standard InChI is InChI=1S/C26H24ClNO6S/c1-5-34-16-6-7-20(27)19(13-16)23(29)21-22(25-14(2)8-9-35-25)28(26(31)24(21)30)15-10-17(32-3)12-18(11-15)33-4/h6-13,22,29H,5H2,1-4H3/b23-21-. The predicted octanol–water partition coefficient (Wildman–Crippen LogP) is 5.75. The Morgan fingerprint density at radius 2 is 1.74 bits per heavy atom. The summed E-state index contributed by atoms with van der Waals surface area (Å²) in [6, 6.07) is 10.8. The Morgan fingerprint density at radius 1 is 1.06 bits per heavy atom. The Morgan fingerprint density at radius 3 is 2.31 bits per heavy atom. The van der Waals surface area contributed by atoms with Gasteiger partial charge in [0.1, 0.15) is 29.0 Å². The molecule has 35 heavy (non-hydrogen) atoms. The number of thiophene rings is 1. The summed E-state index contributed by atoms with van der Waals surface area (Å²) >= 11 is 7.79. The van der Waals surface area contributed by atoms with E-state index >= 15 is 0 Å². The lowest BCUT2D eigenvalue weighted by Crippen LogP contribution is -2.29. The van der Waals surface area contributed by atoms with E-state index in [9.17, 15) is 14.7 Å². The van der Waals surface area contributed by atoms with Crippen molar-refractivity contribution in [2.24, 2.45) is 0 Å². The second-order valence-corrected chi connectivity index (χ2v) is 9.14. The largest absolute Gasteiger partial charge is 0.507 e. The smallest absolute Gasteiger partial charge is 0.300 e. The molecule has 0 spiro atoms. The molecule has 4 rings (SSSR count). The molecule has 9 heteroatoms. The molecular weight excluding hydrogens is 490 g/mol. The first-order valence-electron chi connectivity index (χ1n) is 10.8. The number of ketones is 1. The number of hydrogen-bond acceptors (Lipinski definition) is 7. The molecule has 2 aromatic carbocycles. The minimum absolute atomic E-state index is 0.0575. The Balaban J connectivity index is 1.97. The maximum Gasteiger partial charge on any atom is 0.300 e. The second-order valence-electron chi connectivity index (χ2n) is 7.78. The first kappa shape index (κ1) is 24.6. The average molecular weight is 514 g/mol. The number of methoxy groups -OCH3 is 2. The molecule has 2 heterocycles. The molecule has 1 aliphatic heterocycles. The molecule has 1 N–H and O–H groups in total. The van der Waals surface area contributed by atoms with Gasteiger partial charge in [-0.3, -0.25) is 14.5 Å². The average Bonchev–Trinajstić information content (AvgIpc) is 3.39. The zero-order valence-electron chi connectivity index (χ0n) is 19.6. The maximum atomic E-state index is 13.4. The van der Waals surface area contributed by atoms with Crippen molar-refractivity contribution in [3.05, 3.63) is 74.4 Å². The molecule has 7 nitrogen and oxygen atoms in total. The van der Waals surface area contributed by atoms with Crippen LogP contribution in [0.15, 0.2) is 53.4 Å². The van der Waals surface area contributed by atoms with Gasteiger partial charge in [-0.25, -0.2) is 0 Å². The number of nitrogens with zero attached hydrogens (tertiary/aromatic N) is 1. The highest BCUT2D eigenvalue weighted by Crippen LogP contribution is 2.46. The Hall–Kier alpha value is -3.49. The second kappa shape index (κ2) is 10.0. The van der Waals surface area contributed by atoms with Gasteiger partial charge in [0, 0.05) is 28.6 Å². The zero-order valence-corrected chi connectivity index (χ0v) is 21.2. The number of halogens is 1. The van der Waals surface area contributed by atoms with E-state index in [-0.39, 0.29) is 21.9 Å². The number of hydrogen-bond donors (Lipinski definition) is 1. The molecule has 0 aliphatic carbocycles. The fourth-order valence-electron chi connectivity index (χ4n) is 4.03. The molecular formula is C26H24ClNO6S. The van der Waals surface area contributed by atoms with Crippen LogP contribution < -0.4 is 19.1 Å². The number of anilines is 1. The van der Waals surface area contributed by atoms with Gasteiger partial charge in [0.2, 0.25) is 0 Å². The summed E-state index contributed by atoms with van der Waals surface area (Å²) in [5.74, 6) is -0.582. The van der Waals surface area contributed by atoms with Crippen LogP contribution in [-0.4, -0.2) is 37.6 Å². The van der Waals surface area contributed by atoms with Crippen LogP contribution in [-0.2, 0) is 9.59 Å². The van der Waals surface area contributed by atoms with Gasteiger partial charge in [0.15, 0.2) is 0 Å². The molecule has 182 valence electrons. The molecule has 0 bridgehead atoms. The van der Waals surface area contributed by atoms with Crippen molar-refractivity contribution in [1.82, 2.24) is 0 Å². The predicted molar refractivity (Wildman–Crippen MR) is 136 cm³/mol. The van der Waals surface area contributed by atoms with Crippen LogP contribution in [0.25, 0.3) is 5.76 Å².